The average Bonchev–Trinajstić information content (AvgIpc) is 2.44. The zero-order chi connectivity index (χ0) is 10.8. The van der Waals surface area contributed by atoms with Crippen LogP contribution in [0, 0.1) is 0 Å². The largest absolute Gasteiger partial charge is 0.394 e. The first kappa shape index (κ1) is 11.9. The number of hydrogen-bond acceptors (Lipinski definition) is 5. The topological polar surface area (TPSA) is 68.2 Å². The Balaban J connectivity index is 2.51. The molecule has 14 heavy (non-hydrogen) atoms. The molecular formula is C9H18O5. The van der Waals surface area contributed by atoms with Crippen LogP contribution in [0.3, 0.4) is 0 Å². The van der Waals surface area contributed by atoms with Crippen LogP contribution in [0.25, 0.3) is 0 Å². The first-order chi connectivity index (χ1) is 6.46. The van der Waals surface area contributed by atoms with Gasteiger partial charge in [-0.2, -0.15) is 0 Å². The maximum absolute atomic E-state index is 9.45. The number of aliphatic hydroxyl groups is 2. The van der Waals surface area contributed by atoms with Crippen molar-refractivity contribution in [1.82, 2.24) is 0 Å². The smallest absolute Gasteiger partial charge is 0.160 e. The average molecular weight is 206 g/mol. The summed E-state index contributed by atoms with van der Waals surface area (Å²) in [7, 11) is 1.53. The van der Waals surface area contributed by atoms with Crippen molar-refractivity contribution in [2.24, 2.45) is 0 Å². The van der Waals surface area contributed by atoms with Gasteiger partial charge >= 0.3 is 0 Å². The number of hydrogen-bond donors (Lipinski definition) is 2. The molecule has 3 unspecified atom stereocenters. The second kappa shape index (κ2) is 4.55. The van der Waals surface area contributed by atoms with Gasteiger partial charge in [-0.3, -0.25) is 0 Å². The summed E-state index contributed by atoms with van der Waals surface area (Å²) >= 11 is 0. The zero-order valence-electron chi connectivity index (χ0n) is 8.77. The van der Waals surface area contributed by atoms with E-state index >= 15 is 0 Å². The van der Waals surface area contributed by atoms with Crippen LogP contribution in [0.5, 0.6) is 0 Å². The Kier molecular flexibility index (Phi) is 3.86. The Morgan fingerprint density at radius 1 is 1.50 bits per heavy atom. The fourth-order valence-electron chi connectivity index (χ4n) is 1.49. The van der Waals surface area contributed by atoms with E-state index in [1.165, 1.54) is 7.11 Å². The minimum atomic E-state index is -1.22. The van der Waals surface area contributed by atoms with Gasteiger partial charge in [-0.25, -0.2) is 0 Å². The number of aliphatic hydroxyl groups excluding tert-OH is 1. The van der Waals surface area contributed by atoms with Crippen molar-refractivity contribution in [2.75, 3.05) is 13.7 Å². The van der Waals surface area contributed by atoms with Gasteiger partial charge in [-0.15, -0.1) is 0 Å². The van der Waals surface area contributed by atoms with Gasteiger partial charge in [0.1, 0.15) is 6.10 Å². The lowest BCUT2D eigenvalue weighted by atomic mass is 10.2. The van der Waals surface area contributed by atoms with Crippen molar-refractivity contribution in [3.63, 3.8) is 0 Å². The van der Waals surface area contributed by atoms with E-state index in [1.54, 1.807) is 13.8 Å². The molecule has 3 atom stereocenters. The van der Waals surface area contributed by atoms with Crippen LogP contribution in [0.4, 0.5) is 0 Å². The Hall–Kier alpha value is -0.200. The third-order valence-corrected chi connectivity index (χ3v) is 2.05. The second-order valence-corrected chi connectivity index (χ2v) is 3.86. The quantitative estimate of drug-likeness (QED) is 0.626. The van der Waals surface area contributed by atoms with Crippen molar-refractivity contribution >= 4 is 0 Å². The molecule has 5 nitrogen and oxygen atoms in total. The first-order valence-electron chi connectivity index (χ1n) is 4.65. The van der Waals surface area contributed by atoms with E-state index in [2.05, 4.69) is 0 Å². The molecule has 0 aliphatic carbocycles. The van der Waals surface area contributed by atoms with E-state index in [1.807, 2.05) is 0 Å². The molecular weight excluding hydrogens is 188 g/mol. The minimum Gasteiger partial charge on any atom is -0.394 e. The molecule has 0 aromatic rings. The molecule has 1 aliphatic heterocycles. The van der Waals surface area contributed by atoms with Crippen LogP contribution in [0.2, 0.25) is 0 Å². The number of methoxy groups -OCH3 is 1. The van der Waals surface area contributed by atoms with Gasteiger partial charge in [0.05, 0.1) is 12.7 Å². The highest BCUT2D eigenvalue weighted by Crippen LogP contribution is 2.26. The molecule has 2 N–H and O–H groups in total. The summed E-state index contributed by atoms with van der Waals surface area (Å²) in [6.07, 6.45) is -0.595. The summed E-state index contributed by atoms with van der Waals surface area (Å²) < 4.78 is 15.6. The van der Waals surface area contributed by atoms with E-state index in [-0.39, 0.29) is 19.0 Å². The van der Waals surface area contributed by atoms with Gasteiger partial charge in [0.15, 0.2) is 12.1 Å². The summed E-state index contributed by atoms with van der Waals surface area (Å²) in [5.41, 5.74) is 0. The Morgan fingerprint density at radius 3 is 2.57 bits per heavy atom. The Bertz CT molecular complexity index is 177. The summed E-state index contributed by atoms with van der Waals surface area (Å²) in [6.45, 7) is 2.95. The van der Waals surface area contributed by atoms with Crippen LogP contribution in [0.15, 0.2) is 0 Å². The summed E-state index contributed by atoms with van der Waals surface area (Å²) in [5, 5.41) is 18.5. The molecule has 1 saturated heterocycles. The number of rotatable bonds is 4. The molecule has 0 aromatic carbocycles. The molecule has 1 fully saturated rings. The highest BCUT2D eigenvalue weighted by atomic mass is 16.7. The summed E-state index contributed by atoms with van der Waals surface area (Å²) in [4.78, 5) is 0. The van der Waals surface area contributed by atoms with E-state index in [0.717, 1.165) is 0 Å². The lowest BCUT2D eigenvalue weighted by Crippen LogP contribution is -2.36. The Labute approximate surface area is 83.6 Å². The third-order valence-electron chi connectivity index (χ3n) is 2.05. The van der Waals surface area contributed by atoms with Crippen LogP contribution in [0.1, 0.15) is 20.3 Å². The van der Waals surface area contributed by atoms with Crippen LogP contribution in [-0.2, 0) is 14.2 Å². The predicted molar refractivity (Wildman–Crippen MR) is 48.5 cm³/mol. The molecule has 0 bridgehead atoms. The Morgan fingerprint density at radius 2 is 2.14 bits per heavy atom. The van der Waals surface area contributed by atoms with Crippen LogP contribution in [-0.4, -0.2) is 48.2 Å². The SMILES string of the molecule is COC1CC(OC(C)(C)O)C(CO)O1. The molecule has 1 heterocycles. The summed E-state index contributed by atoms with van der Waals surface area (Å²) in [6, 6.07) is 0. The van der Waals surface area contributed by atoms with E-state index < -0.39 is 11.9 Å². The van der Waals surface area contributed by atoms with Crippen molar-refractivity contribution in [3.05, 3.63) is 0 Å². The highest BCUT2D eigenvalue weighted by molar-refractivity contribution is 4.80. The molecule has 0 spiro atoms. The molecule has 0 aromatic heterocycles. The molecule has 1 rings (SSSR count). The van der Waals surface area contributed by atoms with Crippen molar-refractivity contribution in [2.45, 2.75) is 44.6 Å². The molecule has 0 saturated carbocycles. The lowest BCUT2D eigenvalue weighted by Gasteiger charge is -2.25. The van der Waals surface area contributed by atoms with Crippen LogP contribution >= 0.6 is 0 Å². The highest BCUT2D eigenvalue weighted by Gasteiger charge is 2.38. The van der Waals surface area contributed by atoms with Gasteiger partial charge in [0, 0.05) is 13.5 Å². The minimum absolute atomic E-state index is 0.138. The lowest BCUT2D eigenvalue weighted by molar-refractivity contribution is -0.217. The van der Waals surface area contributed by atoms with Crippen molar-refractivity contribution in [3.8, 4) is 0 Å². The fraction of sp³-hybridized carbons (Fsp3) is 1.00. The molecule has 0 radical (unpaired) electrons. The monoisotopic (exact) mass is 206 g/mol. The maximum atomic E-state index is 9.45. The fourth-order valence-corrected chi connectivity index (χ4v) is 1.49. The summed E-state index contributed by atoms with van der Waals surface area (Å²) in [5.74, 6) is -1.22. The van der Waals surface area contributed by atoms with Crippen LogP contribution < -0.4 is 0 Å². The molecule has 1 aliphatic rings. The van der Waals surface area contributed by atoms with Gasteiger partial charge < -0.3 is 24.4 Å². The van der Waals surface area contributed by atoms with Gasteiger partial charge in [-0.05, 0) is 13.8 Å². The normalized spacial score (nSPS) is 33.6. The predicted octanol–water partition coefficient (Wildman–Crippen LogP) is -0.146. The van der Waals surface area contributed by atoms with E-state index in [0.29, 0.717) is 6.42 Å². The van der Waals surface area contributed by atoms with Crippen molar-refractivity contribution in [1.29, 1.82) is 0 Å². The zero-order valence-corrected chi connectivity index (χ0v) is 8.77. The third kappa shape index (κ3) is 3.18. The van der Waals surface area contributed by atoms with Gasteiger partial charge in [-0.1, -0.05) is 0 Å². The molecule has 84 valence electrons. The first-order valence-corrected chi connectivity index (χ1v) is 4.65. The van der Waals surface area contributed by atoms with E-state index in [4.69, 9.17) is 19.3 Å². The second-order valence-electron chi connectivity index (χ2n) is 3.86. The molecule has 0 amide bonds. The molecule has 5 heteroatoms. The van der Waals surface area contributed by atoms with Gasteiger partial charge in [0.2, 0.25) is 0 Å². The standard InChI is InChI=1S/C9H18O5/c1-9(2,11)14-6-4-8(12-3)13-7(6)5-10/h6-8,10-11H,4-5H2,1-3H3. The number of ether oxygens (including phenoxy) is 3. The van der Waals surface area contributed by atoms with Gasteiger partial charge in [0.25, 0.3) is 0 Å². The van der Waals surface area contributed by atoms with Crippen molar-refractivity contribution < 1.29 is 24.4 Å². The maximum Gasteiger partial charge on any atom is 0.160 e. The van der Waals surface area contributed by atoms with E-state index in [9.17, 15) is 5.11 Å².